The van der Waals surface area contributed by atoms with Crippen LogP contribution < -0.4 is 5.56 Å². The predicted octanol–water partition coefficient (Wildman–Crippen LogP) is 3.86. The van der Waals surface area contributed by atoms with Crippen molar-refractivity contribution in [1.82, 2.24) is 4.57 Å². The van der Waals surface area contributed by atoms with E-state index in [1.807, 2.05) is 0 Å². The molecular formula is C18H13FN2O3. The van der Waals surface area contributed by atoms with Gasteiger partial charge in [-0.15, -0.1) is 0 Å². The van der Waals surface area contributed by atoms with Gasteiger partial charge in [-0.25, -0.2) is 4.39 Å². The molecule has 0 fully saturated rings. The second kappa shape index (κ2) is 6.08. The van der Waals surface area contributed by atoms with Crippen LogP contribution in [-0.2, 0) is 0 Å². The lowest BCUT2D eigenvalue weighted by atomic mass is 10.0. The Morgan fingerprint density at radius 3 is 2.46 bits per heavy atom. The SMILES string of the molecule is Cc1cc(=O)n(-c2cccc([N+](=O)[O-])c2)cc1-c1ccc(F)cc1. The zero-order chi connectivity index (χ0) is 17.3. The maximum atomic E-state index is 13.1. The summed E-state index contributed by atoms with van der Waals surface area (Å²) in [7, 11) is 0. The first-order valence-electron chi connectivity index (χ1n) is 7.20. The highest BCUT2D eigenvalue weighted by molar-refractivity contribution is 5.66. The van der Waals surface area contributed by atoms with Crippen molar-refractivity contribution in [2.45, 2.75) is 6.92 Å². The molecule has 0 radical (unpaired) electrons. The molecule has 24 heavy (non-hydrogen) atoms. The largest absolute Gasteiger partial charge is 0.283 e. The first kappa shape index (κ1) is 15.6. The van der Waals surface area contributed by atoms with Crippen molar-refractivity contribution in [1.29, 1.82) is 0 Å². The molecule has 0 N–H and O–H groups in total. The Hall–Kier alpha value is -3.28. The molecule has 3 rings (SSSR count). The molecule has 6 heteroatoms. The van der Waals surface area contributed by atoms with Crippen LogP contribution in [0, 0.1) is 22.9 Å². The van der Waals surface area contributed by atoms with Gasteiger partial charge in [-0.05, 0) is 36.2 Å². The zero-order valence-electron chi connectivity index (χ0n) is 12.8. The van der Waals surface area contributed by atoms with Crippen molar-refractivity contribution < 1.29 is 9.31 Å². The van der Waals surface area contributed by atoms with Crippen molar-refractivity contribution in [3.8, 4) is 16.8 Å². The number of hydrogen-bond acceptors (Lipinski definition) is 3. The van der Waals surface area contributed by atoms with Crippen molar-refractivity contribution in [3.05, 3.63) is 92.6 Å². The third-order valence-electron chi connectivity index (χ3n) is 3.73. The van der Waals surface area contributed by atoms with E-state index in [1.54, 1.807) is 31.3 Å². The van der Waals surface area contributed by atoms with E-state index in [2.05, 4.69) is 0 Å². The zero-order valence-corrected chi connectivity index (χ0v) is 12.8. The van der Waals surface area contributed by atoms with Gasteiger partial charge in [-0.2, -0.15) is 0 Å². The molecule has 0 aliphatic carbocycles. The fraction of sp³-hybridized carbons (Fsp3) is 0.0556. The van der Waals surface area contributed by atoms with Crippen molar-refractivity contribution in [3.63, 3.8) is 0 Å². The lowest BCUT2D eigenvalue weighted by Gasteiger charge is -2.11. The van der Waals surface area contributed by atoms with E-state index in [0.717, 1.165) is 16.7 Å². The lowest BCUT2D eigenvalue weighted by molar-refractivity contribution is -0.384. The number of nitrogens with zero attached hydrogens (tertiary/aromatic N) is 2. The molecule has 0 bridgehead atoms. The van der Waals surface area contributed by atoms with E-state index in [0.29, 0.717) is 5.69 Å². The van der Waals surface area contributed by atoms with E-state index in [1.165, 1.54) is 41.0 Å². The molecule has 0 aliphatic heterocycles. The molecule has 0 aliphatic rings. The third kappa shape index (κ3) is 2.94. The van der Waals surface area contributed by atoms with E-state index >= 15 is 0 Å². The van der Waals surface area contributed by atoms with Gasteiger partial charge < -0.3 is 0 Å². The number of pyridine rings is 1. The van der Waals surface area contributed by atoms with Crippen LogP contribution in [0.3, 0.4) is 0 Å². The molecule has 0 saturated heterocycles. The highest BCUT2D eigenvalue weighted by Crippen LogP contribution is 2.24. The minimum atomic E-state index is -0.510. The van der Waals surface area contributed by atoms with E-state index in [9.17, 15) is 19.3 Å². The molecule has 1 aromatic heterocycles. The van der Waals surface area contributed by atoms with E-state index in [4.69, 9.17) is 0 Å². The minimum absolute atomic E-state index is 0.0942. The van der Waals surface area contributed by atoms with Gasteiger partial charge in [0, 0.05) is 30.0 Å². The fourth-order valence-electron chi connectivity index (χ4n) is 2.52. The molecule has 0 saturated carbocycles. The summed E-state index contributed by atoms with van der Waals surface area (Å²) in [6, 6.07) is 13.2. The number of aryl methyl sites for hydroxylation is 1. The van der Waals surface area contributed by atoms with Crippen LogP contribution in [-0.4, -0.2) is 9.49 Å². The maximum Gasteiger partial charge on any atom is 0.271 e. The number of halogens is 1. The van der Waals surface area contributed by atoms with E-state index in [-0.39, 0.29) is 17.1 Å². The number of aromatic nitrogens is 1. The summed E-state index contributed by atoms with van der Waals surface area (Å²) in [5, 5.41) is 10.9. The molecule has 0 amide bonds. The summed E-state index contributed by atoms with van der Waals surface area (Å²) in [5.74, 6) is -0.344. The van der Waals surface area contributed by atoms with Crippen LogP contribution in [0.25, 0.3) is 16.8 Å². The van der Waals surface area contributed by atoms with Gasteiger partial charge in [0.05, 0.1) is 10.6 Å². The lowest BCUT2D eigenvalue weighted by Crippen LogP contribution is -2.17. The summed E-state index contributed by atoms with van der Waals surface area (Å²) >= 11 is 0. The van der Waals surface area contributed by atoms with Crippen LogP contribution >= 0.6 is 0 Å². The van der Waals surface area contributed by atoms with Crippen molar-refractivity contribution >= 4 is 5.69 Å². The second-order valence-corrected chi connectivity index (χ2v) is 5.36. The van der Waals surface area contributed by atoms with Crippen LogP contribution in [0.15, 0.2) is 65.6 Å². The minimum Gasteiger partial charge on any atom is -0.283 e. The van der Waals surface area contributed by atoms with Crippen molar-refractivity contribution in [2.24, 2.45) is 0 Å². The molecule has 3 aromatic rings. The highest BCUT2D eigenvalue weighted by Gasteiger charge is 2.11. The Kier molecular flexibility index (Phi) is 3.95. The predicted molar refractivity (Wildman–Crippen MR) is 88.8 cm³/mol. The third-order valence-corrected chi connectivity index (χ3v) is 3.73. The summed E-state index contributed by atoms with van der Waals surface area (Å²) < 4.78 is 14.5. The molecular weight excluding hydrogens is 311 g/mol. The van der Waals surface area contributed by atoms with Crippen LogP contribution in [0.5, 0.6) is 0 Å². The number of rotatable bonds is 3. The van der Waals surface area contributed by atoms with Gasteiger partial charge in [0.1, 0.15) is 5.82 Å². The molecule has 2 aromatic carbocycles. The summed E-state index contributed by atoms with van der Waals surface area (Å²) in [6.07, 6.45) is 1.62. The normalized spacial score (nSPS) is 10.6. The molecule has 0 atom stereocenters. The molecule has 0 spiro atoms. The molecule has 0 unspecified atom stereocenters. The van der Waals surface area contributed by atoms with Gasteiger partial charge in [-0.3, -0.25) is 19.5 Å². The molecule has 1 heterocycles. The number of nitro benzene ring substituents is 1. The van der Waals surface area contributed by atoms with Gasteiger partial charge in [-0.1, -0.05) is 18.2 Å². The average Bonchev–Trinajstić information content (AvgIpc) is 2.56. The first-order chi connectivity index (χ1) is 11.5. The Balaban J connectivity index is 2.17. The van der Waals surface area contributed by atoms with Crippen molar-refractivity contribution in [2.75, 3.05) is 0 Å². The van der Waals surface area contributed by atoms with Crippen LogP contribution in [0.4, 0.5) is 10.1 Å². The quantitative estimate of drug-likeness (QED) is 0.543. The average molecular weight is 324 g/mol. The Labute approximate surface area is 136 Å². The van der Waals surface area contributed by atoms with Gasteiger partial charge in [0.2, 0.25) is 0 Å². The van der Waals surface area contributed by atoms with Gasteiger partial charge in [0.15, 0.2) is 0 Å². The van der Waals surface area contributed by atoms with Gasteiger partial charge >= 0.3 is 0 Å². The van der Waals surface area contributed by atoms with Gasteiger partial charge in [0.25, 0.3) is 11.2 Å². The number of non-ortho nitro benzene ring substituents is 1. The summed E-state index contributed by atoms with van der Waals surface area (Å²) in [6.45, 7) is 1.79. The van der Waals surface area contributed by atoms with E-state index < -0.39 is 4.92 Å². The smallest absolute Gasteiger partial charge is 0.271 e. The molecule has 120 valence electrons. The maximum absolute atomic E-state index is 13.1. The van der Waals surface area contributed by atoms with Crippen LogP contribution in [0.2, 0.25) is 0 Å². The number of nitro groups is 1. The fourth-order valence-corrected chi connectivity index (χ4v) is 2.52. The van der Waals surface area contributed by atoms with Crippen LogP contribution in [0.1, 0.15) is 5.56 Å². The summed E-state index contributed by atoms with van der Waals surface area (Å²) in [4.78, 5) is 22.7. The second-order valence-electron chi connectivity index (χ2n) is 5.36. The number of benzene rings is 2. The Morgan fingerprint density at radius 1 is 1.08 bits per heavy atom. The number of hydrogen-bond donors (Lipinski definition) is 0. The monoisotopic (exact) mass is 324 g/mol. The first-order valence-corrected chi connectivity index (χ1v) is 7.20. The standard InChI is InChI=1S/C18H13FN2O3/c1-12-9-18(22)20(15-3-2-4-16(10-15)21(23)24)11-17(12)13-5-7-14(19)8-6-13/h2-11H,1H3. The molecule has 5 nitrogen and oxygen atoms in total. The highest BCUT2D eigenvalue weighted by atomic mass is 19.1. The Morgan fingerprint density at radius 2 is 1.79 bits per heavy atom. The Bertz CT molecular complexity index is 978. The topological polar surface area (TPSA) is 65.1 Å². The summed E-state index contributed by atoms with van der Waals surface area (Å²) in [5.41, 5.74) is 2.27.